The van der Waals surface area contributed by atoms with E-state index in [1.807, 2.05) is 24.3 Å². The first-order chi connectivity index (χ1) is 16.1. The highest BCUT2D eigenvalue weighted by Crippen LogP contribution is 2.11. The zero-order chi connectivity index (χ0) is 23.5. The lowest BCUT2D eigenvalue weighted by Crippen LogP contribution is -2.33. The molecule has 0 unspecified atom stereocenters. The number of hydrogen-bond acceptors (Lipinski definition) is 6. The minimum Gasteiger partial charge on any atom is -0.481 e. The van der Waals surface area contributed by atoms with E-state index in [2.05, 4.69) is 20.6 Å². The molecule has 1 amide bonds. The van der Waals surface area contributed by atoms with Crippen LogP contribution in [0.3, 0.4) is 0 Å². The first kappa shape index (κ1) is 24.0. The molecule has 0 radical (unpaired) electrons. The van der Waals surface area contributed by atoms with E-state index < -0.39 is 0 Å². The summed E-state index contributed by atoms with van der Waals surface area (Å²) in [5.41, 5.74) is 0.669. The monoisotopic (exact) mass is 467 g/mol. The highest BCUT2D eigenvalue weighted by Gasteiger charge is 2.11. The summed E-state index contributed by atoms with van der Waals surface area (Å²) in [4.78, 5) is 33.5. The van der Waals surface area contributed by atoms with Gasteiger partial charge in [-0.25, -0.2) is 4.98 Å². The van der Waals surface area contributed by atoms with Crippen molar-refractivity contribution in [2.75, 3.05) is 25.5 Å². The van der Waals surface area contributed by atoms with Gasteiger partial charge >= 0.3 is 0 Å². The fraction of sp³-hybridized carbons (Fsp3) is 0.250. The van der Waals surface area contributed by atoms with Crippen molar-refractivity contribution in [1.82, 2.24) is 19.9 Å². The molecule has 9 heteroatoms. The molecule has 0 atom stereocenters. The van der Waals surface area contributed by atoms with Gasteiger partial charge < -0.3 is 19.9 Å². The van der Waals surface area contributed by atoms with Crippen LogP contribution in [-0.4, -0.2) is 40.6 Å². The third-order valence-electron chi connectivity index (χ3n) is 4.70. The lowest BCUT2D eigenvalue weighted by molar-refractivity contribution is 0.0952. The summed E-state index contributed by atoms with van der Waals surface area (Å²) < 4.78 is 6.56. The lowest BCUT2D eigenvalue weighted by atomic mass is 10.2. The van der Waals surface area contributed by atoms with Crippen LogP contribution in [0, 0.1) is 0 Å². The van der Waals surface area contributed by atoms with Crippen molar-refractivity contribution in [3.05, 3.63) is 93.5 Å². The van der Waals surface area contributed by atoms with E-state index >= 15 is 0 Å². The zero-order valence-corrected chi connectivity index (χ0v) is 19.1. The number of nitrogens with zero attached hydrogens (tertiary/aromatic N) is 3. The average Bonchev–Trinajstić information content (AvgIpc) is 2.82. The summed E-state index contributed by atoms with van der Waals surface area (Å²) in [5.74, 6) is 0.637. The largest absolute Gasteiger partial charge is 0.481 e. The molecular weight excluding hydrogens is 442 g/mol. The predicted octanol–water partition coefficient (Wildman–Crippen LogP) is 3.53. The Bertz CT molecular complexity index is 1160. The molecule has 2 heterocycles. The van der Waals surface area contributed by atoms with Gasteiger partial charge in [0.1, 0.15) is 5.56 Å². The number of halogens is 1. The van der Waals surface area contributed by atoms with E-state index in [4.69, 9.17) is 16.3 Å². The van der Waals surface area contributed by atoms with E-state index in [-0.39, 0.29) is 17.0 Å². The van der Waals surface area contributed by atoms with E-state index in [1.165, 1.54) is 10.6 Å². The number of amides is 1. The summed E-state index contributed by atoms with van der Waals surface area (Å²) in [6, 6.07) is 12.2. The first-order valence-electron chi connectivity index (χ1n) is 10.5. The molecule has 0 bridgehead atoms. The number of nitrogens with one attached hydrogen (secondary N) is 2. The van der Waals surface area contributed by atoms with Crippen LogP contribution in [0.1, 0.15) is 28.8 Å². The molecule has 2 aromatic heterocycles. The molecule has 0 fully saturated rings. The van der Waals surface area contributed by atoms with Crippen LogP contribution in [0.5, 0.6) is 5.88 Å². The number of rotatable bonds is 11. The maximum Gasteiger partial charge on any atom is 0.263 e. The zero-order valence-electron chi connectivity index (χ0n) is 18.3. The molecule has 172 valence electrons. The van der Waals surface area contributed by atoms with Gasteiger partial charge in [0.15, 0.2) is 0 Å². The number of methoxy groups -OCH3 is 1. The van der Waals surface area contributed by atoms with Crippen LogP contribution in [0.4, 0.5) is 5.95 Å². The third kappa shape index (κ3) is 7.47. The van der Waals surface area contributed by atoms with E-state index in [0.29, 0.717) is 42.9 Å². The Labute approximate surface area is 197 Å². The lowest BCUT2D eigenvalue weighted by Gasteiger charge is -2.09. The SMILES string of the molecule is COc1ccnc(NCC/C=C/CCNC(=O)c2cccn(Cc3cccc(Cl)c3)c2=O)n1. The normalized spacial score (nSPS) is 10.8. The number of pyridine rings is 1. The fourth-order valence-corrected chi connectivity index (χ4v) is 3.29. The number of benzene rings is 1. The summed E-state index contributed by atoms with van der Waals surface area (Å²) in [6.07, 6.45) is 8.72. The number of carbonyl (C=O) groups excluding carboxylic acids is 1. The Morgan fingerprint density at radius 1 is 1.15 bits per heavy atom. The molecule has 0 saturated carbocycles. The Morgan fingerprint density at radius 3 is 2.76 bits per heavy atom. The Balaban J connectivity index is 1.42. The van der Waals surface area contributed by atoms with E-state index in [0.717, 1.165) is 12.0 Å². The molecule has 2 N–H and O–H groups in total. The maximum absolute atomic E-state index is 12.7. The highest BCUT2D eigenvalue weighted by atomic mass is 35.5. The second-order valence-electron chi connectivity index (χ2n) is 7.14. The van der Waals surface area contributed by atoms with Crippen molar-refractivity contribution in [3.8, 4) is 5.88 Å². The maximum atomic E-state index is 12.7. The van der Waals surface area contributed by atoms with Gasteiger partial charge in [0.05, 0.1) is 13.7 Å². The minimum atomic E-state index is -0.384. The molecule has 3 aromatic rings. The van der Waals surface area contributed by atoms with Crippen LogP contribution in [0.2, 0.25) is 5.02 Å². The van der Waals surface area contributed by atoms with Gasteiger partial charge in [0.25, 0.3) is 11.5 Å². The van der Waals surface area contributed by atoms with Gasteiger partial charge in [-0.15, -0.1) is 0 Å². The smallest absolute Gasteiger partial charge is 0.263 e. The van der Waals surface area contributed by atoms with Crippen molar-refractivity contribution in [2.24, 2.45) is 0 Å². The first-order valence-corrected chi connectivity index (χ1v) is 10.9. The number of ether oxygens (including phenoxy) is 1. The summed E-state index contributed by atoms with van der Waals surface area (Å²) in [7, 11) is 1.56. The summed E-state index contributed by atoms with van der Waals surface area (Å²) in [6.45, 7) is 1.45. The number of anilines is 1. The molecule has 0 spiro atoms. The van der Waals surface area contributed by atoms with Gasteiger partial charge in [0.2, 0.25) is 11.8 Å². The van der Waals surface area contributed by atoms with E-state index in [1.54, 1.807) is 43.8 Å². The van der Waals surface area contributed by atoms with Gasteiger partial charge in [-0.05, 0) is 42.7 Å². The van der Waals surface area contributed by atoms with Crippen LogP contribution in [0.25, 0.3) is 0 Å². The average molecular weight is 468 g/mol. The Morgan fingerprint density at radius 2 is 1.97 bits per heavy atom. The highest BCUT2D eigenvalue weighted by molar-refractivity contribution is 6.30. The van der Waals surface area contributed by atoms with Gasteiger partial charge in [-0.3, -0.25) is 9.59 Å². The molecule has 0 aliphatic heterocycles. The molecular formula is C24H26ClN5O3. The van der Waals surface area contributed by atoms with Crippen LogP contribution in [0.15, 0.2) is 71.8 Å². The summed E-state index contributed by atoms with van der Waals surface area (Å²) >= 11 is 6.01. The van der Waals surface area contributed by atoms with Gasteiger partial charge in [-0.2, -0.15) is 4.98 Å². The van der Waals surface area contributed by atoms with Crippen LogP contribution >= 0.6 is 11.6 Å². The quantitative estimate of drug-likeness (QED) is 0.330. The van der Waals surface area contributed by atoms with Gasteiger partial charge in [0, 0.05) is 36.6 Å². The van der Waals surface area contributed by atoms with Crippen molar-refractivity contribution >= 4 is 23.5 Å². The topological polar surface area (TPSA) is 98.1 Å². The number of hydrogen-bond donors (Lipinski definition) is 2. The van der Waals surface area contributed by atoms with Crippen LogP contribution < -0.4 is 20.9 Å². The molecule has 0 aliphatic rings. The number of aromatic nitrogens is 3. The molecule has 8 nitrogen and oxygen atoms in total. The minimum absolute atomic E-state index is 0.117. The third-order valence-corrected chi connectivity index (χ3v) is 4.94. The summed E-state index contributed by atoms with van der Waals surface area (Å²) in [5, 5.41) is 6.51. The molecule has 1 aromatic carbocycles. The molecule has 0 aliphatic carbocycles. The van der Waals surface area contributed by atoms with Crippen molar-refractivity contribution < 1.29 is 9.53 Å². The van der Waals surface area contributed by atoms with Crippen molar-refractivity contribution in [1.29, 1.82) is 0 Å². The Kier molecular flexibility index (Phi) is 9.02. The van der Waals surface area contributed by atoms with E-state index in [9.17, 15) is 9.59 Å². The number of carbonyl (C=O) groups is 1. The van der Waals surface area contributed by atoms with Crippen molar-refractivity contribution in [2.45, 2.75) is 19.4 Å². The fourth-order valence-electron chi connectivity index (χ4n) is 3.07. The Hall–Kier alpha value is -3.65. The van der Waals surface area contributed by atoms with Crippen molar-refractivity contribution in [3.63, 3.8) is 0 Å². The second-order valence-corrected chi connectivity index (χ2v) is 7.58. The molecule has 0 saturated heterocycles. The molecule has 3 rings (SSSR count). The molecule has 33 heavy (non-hydrogen) atoms. The predicted molar refractivity (Wildman–Crippen MR) is 129 cm³/mol. The standard InChI is InChI=1S/C24H26ClN5O3/c1-33-21-11-14-28-24(29-21)27-13-5-3-2-4-12-26-22(31)20-10-7-15-30(23(20)32)17-18-8-6-9-19(25)16-18/h2-3,6-11,14-16H,4-5,12-13,17H2,1H3,(H,26,31)(H,27,28,29)/b3-2+. The van der Waals surface area contributed by atoms with Gasteiger partial charge in [-0.1, -0.05) is 35.9 Å². The second kappa shape index (κ2) is 12.4. The van der Waals surface area contributed by atoms with Crippen LogP contribution in [-0.2, 0) is 6.54 Å².